The molecule has 0 spiro atoms. The van der Waals surface area contributed by atoms with Crippen LogP contribution in [0.3, 0.4) is 0 Å². The van der Waals surface area contributed by atoms with E-state index in [1.165, 1.54) is 42.4 Å². The number of halogens is 3. The Morgan fingerprint density at radius 1 is 0.938 bits per heavy atom. The van der Waals surface area contributed by atoms with Gasteiger partial charge in [-0.3, -0.25) is 19.5 Å². The van der Waals surface area contributed by atoms with Crippen LogP contribution in [0.1, 0.15) is 72.9 Å². The van der Waals surface area contributed by atoms with Crippen LogP contribution < -0.4 is 10.6 Å². The molecule has 11 heteroatoms. The molecule has 1 saturated heterocycles. The van der Waals surface area contributed by atoms with Crippen molar-refractivity contribution in [1.29, 1.82) is 0 Å². The molecule has 1 aromatic heterocycles. The molecular formula is C37H37F3N4O4. The lowest BCUT2D eigenvalue weighted by molar-refractivity contribution is -0.126. The number of rotatable bonds is 8. The second-order valence-electron chi connectivity index (χ2n) is 12.7. The van der Waals surface area contributed by atoms with Crippen molar-refractivity contribution in [3.8, 4) is 11.1 Å². The lowest BCUT2D eigenvalue weighted by Gasteiger charge is -2.33. The number of carbonyl (C=O) groups is 3. The molecule has 0 unspecified atom stereocenters. The van der Waals surface area contributed by atoms with Gasteiger partial charge < -0.3 is 15.4 Å². The topological polar surface area (TPSA) is 101 Å². The summed E-state index contributed by atoms with van der Waals surface area (Å²) in [5.41, 5.74) is 1.29. The molecule has 3 amide bonds. The summed E-state index contributed by atoms with van der Waals surface area (Å²) in [6.45, 7) is 5.24. The van der Waals surface area contributed by atoms with E-state index < -0.39 is 59.1 Å². The molecule has 0 aliphatic carbocycles. The molecule has 0 bridgehead atoms. The standard InChI is InChI=1S/C37H37F3N4O4/c1-37(2,3)48-36(47)44-31(23-9-6-5-7-10-23)14-15-32(44)35(46)43-30(19-22-17-25(38)21-26(39)18-22)33-27(11-8-16-42-33)24-12-13-29(40)28(20-24)34(45)41-4/h5-13,16-18,20-21,30-32H,14-15,19H2,1-4H3,(H,41,45)(H,43,46)/t30-,31+,32-/m0/s1. The highest BCUT2D eigenvalue weighted by atomic mass is 19.1. The number of pyridine rings is 1. The van der Waals surface area contributed by atoms with Gasteiger partial charge >= 0.3 is 6.09 Å². The van der Waals surface area contributed by atoms with Gasteiger partial charge in [0.15, 0.2) is 0 Å². The van der Waals surface area contributed by atoms with Crippen LogP contribution in [0.4, 0.5) is 18.0 Å². The third-order valence-electron chi connectivity index (χ3n) is 8.07. The highest BCUT2D eigenvalue weighted by molar-refractivity contribution is 5.95. The molecule has 3 aromatic carbocycles. The molecule has 48 heavy (non-hydrogen) atoms. The predicted octanol–water partition coefficient (Wildman–Crippen LogP) is 7.07. The van der Waals surface area contributed by atoms with Crippen molar-refractivity contribution in [1.82, 2.24) is 20.5 Å². The Morgan fingerprint density at radius 2 is 1.65 bits per heavy atom. The van der Waals surface area contributed by atoms with Crippen molar-refractivity contribution < 1.29 is 32.3 Å². The van der Waals surface area contributed by atoms with E-state index in [4.69, 9.17) is 4.74 Å². The summed E-state index contributed by atoms with van der Waals surface area (Å²) in [5, 5.41) is 5.42. The molecule has 4 aromatic rings. The van der Waals surface area contributed by atoms with Crippen molar-refractivity contribution in [2.75, 3.05) is 7.05 Å². The van der Waals surface area contributed by atoms with Crippen LogP contribution >= 0.6 is 0 Å². The van der Waals surface area contributed by atoms with Crippen molar-refractivity contribution in [2.45, 2.75) is 63.8 Å². The largest absolute Gasteiger partial charge is 0.444 e. The van der Waals surface area contributed by atoms with Gasteiger partial charge in [0.1, 0.15) is 29.1 Å². The molecule has 1 aliphatic rings. The van der Waals surface area contributed by atoms with Crippen molar-refractivity contribution in [3.05, 3.63) is 125 Å². The normalized spacial score (nSPS) is 16.7. The Morgan fingerprint density at radius 3 is 2.31 bits per heavy atom. The Labute approximate surface area is 277 Å². The third kappa shape index (κ3) is 7.84. The van der Waals surface area contributed by atoms with Crippen LogP contribution in [0, 0.1) is 17.5 Å². The lowest BCUT2D eigenvalue weighted by atomic mass is 9.94. The average Bonchev–Trinajstić information content (AvgIpc) is 3.49. The number of ether oxygens (including phenoxy) is 1. The van der Waals surface area contributed by atoms with E-state index in [2.05, 4.69) is 15.6 Å². The number of hydrogen-bond donors (Lipinski definition) is 2. The molecule has 1 fully saturated rings. The van der Waals surface area contributed by atoms with Gasteiger partial charge in [0.2, 0.25) is 5.91 Å². The van der Waals surface area contributed by atoms with E-state index in [0.29, 0.717) is 29.7 Å². The molecule has 250 valence electrons. The Balaban J connectivity index is 1.55. The second-order valence-corrected chi connectivity index (χ2v) is 12.7. The number of carbonyl (C=O) groups excluding carboxylic acids is 3. The van der Waals surface area contributed by atoms with E-state index in [1.54, 1.807) is 32.9 Å². The highest BCUT2D eigenvalue weighted by Crippen LogP contribution is 2.38. The minimum atomic E-state index is -0.959. The summed E-state index contributed by atoms with van der Waals surface area (Å²) in [7, 11) is 1.39. The molecule has 5 rings (SSSR count). The van der Waals surface area contributed by atoms with Crippen molar-refractivity contribution >= 4 is 17.9 Å². The number of amides is 3. The summed E-state index contributed by atoms with van der Waals surface area (Å²) in [5.74, 6) is -3.44. The molecule has 8 nitrogen and oxygen atoms in total. The summed E-state index contributed by atoms with van der Waals surface area (Å²) in [6.07, 6.45) is 1.60. The van der Waals surface area contributed by atoms with Gasteiger partial charge in [-0.15, -0.1) is 0 Å². The summed E-state index contributed by atoms with van der Waals surface area (Å²) in [6, 6.07) is 17.5. The Hall–Kier alpha value is -5.19. The zero-order chi connectivity index (χ0) is 34.6. The van der Waals surface area contributed by atoms with Gasteiger partial charge in [0.05, 0.1) is 23.3 Å². The van der Waals surface area contributed by atoms with E-state index in [-0.39, 0.29) is 17.5 Å². The summed E-state index contributed by atoms with van der Waals surface area (Å²) < 4.78 is 49.0. The van der Waals surface area contributed by atoms with E-state index in [0.717, 1.165) is 17.7 Å². The Bertz CT molecular complexity index is 1790. The quantitative estimate of drug-likeness (QED) is 0.211. The first-order valence-electron chi connectivity index (χ1n) is 15.6. The van der Waals surface area contributed by atoms with Crippen LogP contribution in [-0.4, -0.2) is 46.5 Å². The Kier molecular flexibility index (Phi) is 10.2. The van der Waals surface area contributed by atoms with Crippen LogP contribution in [0.2, 0.25) is 0 Å². The third-order valence-corrected chi connectivity index (χ3v) is 8.07. The van der Waals surface area contributed by atoms with E-state index >= 15 is 0 Å². The van der Waals surface area contributed by atoms with Gasteiger partial charge in [-0.25, -0.2) is 18.0 Å². The van der Waals surface area contributed by atoms with Crippen LogP contribution in [0.5, 0.6) is 0 Å². The molecule has 1 aliphatic heterocycles. The first kappa shape index (κ1) is 34.2. The maximum Gasteiger partial charge on any atom is 0.411 e. The van der Waals surface area contributed by atoms with Gasteiger partial charge in [0.25, 0.3) is 5.91 Å². The zero-order valence-electron chi connectivity index (χ0n) is 27.1. The van der Waals surface area contributed by atoms with E-state index in [9.17, 15) is 27.6 Å². The van der Waals surface area contributed by atoms with Crippen LogP contribution in [-0.2, 0) is 16.0 Å². The van der Waals surface area contributed by atoms with Gasteiger partial charge in [-0.1, -0.05) is 42.5 Å². The van der Waals surface area contributed by atoms with Gasteiger partial charge in [-0.05, 0) is 87.1 Å². The zero-order valence-corrected chi connectivity index (χ0v) is 27.1. The van der Waals surface area contributed by atoms with Crippen LogP contribution in [0.25, 0.3) is 11.1 Å². The lowest BCUT2D eigenvalue weighted by Crippen LogP contribution is -2.49. The maximum atomic E-state index is 14.6. The van der Waals surface area contributed by atoms with Crippen molar-refractivity contribution in [2.24, 2.45) is 0 Å². The summed E-state index contributed by atoms with van der Waals surface area (Å²) in [4.78, 5) is 46.3. The molecule has 3 atom stereocenters. The SMILES string of the molecule is CNC(=O)c1cc(-c2cccnc2[C@H](Cc2cc(F)cc(F)c2)NC(=O)[C@@H]2CC[C@H](c3ccccc3)N2C(=O)OC(C)(C)C)ccc1F. The first-order chi connectivity index (χ1) is 22.8. The van der Waals surface area contributed by atoms with E-state index in [1.807, 2.05) is 30.3 Å². The monoisotopic (exact) mass is 658 g/mol. The number of nitrogens with one attached hydrogen (secondary N) is 2. The molecule has 0 saturated carbocycles. The number of nitrogens with zero attached hydrogens (tertiary/aromatic N) is 2. The number of hydrogen-bond acceptors (Lipinski definition) is 5. The van der Waals surface area contributed by atoms with Crippen LogP contribution in [0.15, 0.2) is 85.1 Å². The predicted molar refractivity (Wildman–Crippen MR) is 174 cm³/mol. The smallest absolute Gasteiger partial charge is 0.411 e. The van der Waals surface area contributed by atoms with Gasteiger partial charge in [-0.2, -0.15) is 0 Å². The number of aromatic nitrogens is 1. The number of likely N-dealkylation sites (tertiary alicyclic amines) is 1. The van der Waals surface area contributed by atoms with Gasteiger partial charge in [0, 0.05) is 24.9 Å². The molecular weight excluding hydrogens is 621 g/mol. The first-order valence-corrected chi connectivity index (χ1v) is 15.6. The highest BCUT2D eigenvalue weighted by Gasteiger charge is 2.44. The fourth-order valence-corrected chi connectivity index (χ4v) is 6.03. The average molecular weight is 659 g/mol. The number of benzene rings is 3. The summed E-state index contributed by atoms with van der Waals surface area (Å²) >= 11 is 0. The maximum absolute atomic E-state index is 14.6. The fraction of sp³-hybridized carbons (Fsp3) is 0.297. The molecule has 2 N–H and O–H groups in total. The fourth-order valence-electron chi connectivity index (χ4n) is 6.03. The molecule has 2 heterocycles. The van der Waals surface area contributed by atoms with Crippen molar-refractivity contribution in [3.63, 3.8) is 0 Å². The molecule has 0 radical (unpaired) electrons. The minimum absolute atomic E-state index is 0.0742. The second kappa shape index (κ2) is 14.3. The minimum Gasteiger partial charge on any atom is -0.444 e.